The maximum atomic E-state index is 9.09. The molecule has 5 heteroatoms. The van der Waals surface area contributed by atoms with Crippen LogP contribution in [0.4, 0.5) is 0 Å². The third-order valence-corrected chi connectivity index (χ3v) is 6.01. The average Bonchev–Trinajstić information content (AvgIpc) is 3.41. The second kappa shape index (κ2) is 7.74. The first-order valence-electron chi connectivity index (χ1n) is 10.2. The van der Waals surface area contributed by atoms with Crippen molar-refractivity contribution in [2.75, 3.05) is 26.7 Å². The Morgan fingerprint density at radius 2 is 2.10 bits per heavy atom. The summed E-state index contributed by atoms with van der Waals surface area (Å²) >= 11 is 0. The summed E-state index contributed by atoms with van der Waals surface area (Å²) in [5, 5.41) is 11.4. The van der Waals surface area contributed by atoms with Crippen LogP contribution in [0, 0.1) is 11.3 Å². The molecule has 1 N–H and O–H groups in total. The smallest absolute Gasteiger partial charge is 0.137 e. The molecule has 150 valence electrons. The number of methoxy groups -OCH3 is 1. The van der Waals surface area contributed by atoms with Crippen molar-refractivity contribution in [2.24, 2.45) is 0 Å². The van der Waals surface area contributed by atoms with Crippen molar-refractivity contribution in [1.82, 2.24) is 9.88 Å². The summed E-state index contributed by atoms with van der Waals surface area (Å²) in [4.78, 5) is 5.80. The predicted molar refractivity (Wildman–Crippen MR) is 119 cm³/mol. The summed E-state index contributed by atoms with van der Waals surface area (Å²) in [6, 6.07) is 14.1. The molecular weight excluding hydrogens is 374 g/mol. The number of nitriles is 1. The zero-order valence-electron chi connectivity index (χ0n) is 16.9. The molecule has 5 rings (SSSR count). The normalized spacial score (nSPS) is 14.7. The molecule has 0 fully saturated rings. The van der Waals surface area contributed by atoms with Crippen molar-refractivity contribution in [3.8, 4) is 11.8 Å². The Bertz CT molecular complexity index is 1290. The summed E-state index contributed by atoms with van der Waals surface area (Å²) in [5.74, 6) is 0.818. The fourth-order valence-electron chi connectivity index (χ4n) is 4.28. The van der Waals surface area contributed by atoms with Gasteiger partial charge in [-0.15, -0.1) is 0 Å². The van der Waals surface area contributed by atoms with Gasteiger partial charge in [-0.25, -0.2) is 0 Å². The van der Waals surface area contributed by atoms with Crippen molar-refractivity contribution in [3.63, 3.8) is 0 Å². The molecule has 5 nitrogen and oxygen atoms in total. The summed E-state index contributed by atoms with van der Waals surface area (Å²) in [6.45, 7) is 2.99. The number of nitrogens with zero attached hydrogens (tertiary/aromatic N) is 2. The lowest BCUT2D eigenvalue weighted by molar-refractivity contribution is 0.306. The first-order valence-corrected chi connectivity index (χ1v) is 10.2. The van der Waals surface area contributed by atoms with Gasteiger partial charge in [0, 0.05) is 53.8 Å². The third kappa shape index (κ3) is 3.36. The van der Waals surface area contributed by atoms with Crippen LogP contribution in [0.15, 0.2) is 59.4 Å². The van der Waals surface area contributed by atoms with E-state index in [1.807, 2.05) is 36.6 Å². The second-order valence-electron chi connectivity index (χ2n) is 7.73. The minimum atomic E-state index is 0.685. The molecule has 3 heterocycles. The number of benzene rings is 2. The van der Waals surface area contributed by atoms with E-state index in [4.69, 9.17) is 14.4 Å². The lowest BCUT2D eigenvalue weighted by Gasteiger charge is -2.26. The highest BCUT2D eigenvalue weighted by atomic mass is 16.5. The highest BCUT2D eigenvalue weighted by molar-refractivity contribution is 5.93. The quantitative estimate of drug-likeness (QED) is 0.507. The van der Waals surface area contributed by atoms with Gasteiger partial charge in [-0.3, -0.25) is 4.90 Å². The van der Waals surface area contributed by atoms with E-state index in [-0.39, 0.29) is 0 Å². The molecule has 30 heavy (non-hydrogen) atoms. The minimum Gasteiger partial charge on any atom is -0.497 e. The van der Waals surface area contributed by atoms with Crippen LogP contribution in [0.3, 0.4) is 0 Å². The Labute approximate surface area is 175 Å². The molecular formula is C25H23N3O2. The number of rotatable bonds is 5. The number of hydrogen-bond acceptors (Lipinski definition) is 4. The standard InChI is InChI=1S/C25H23N3O2/c1-29-20-3-5-21-19(16-30-25(21)13-20)8-11-28-9-6-18(7-10-28)23-15-27-24-12-17(14-26)2-4-22(23)24/h2-6,12-13,15-16,27H,7-11H2,1H3. The number of nitrogens with one attached hydrogen (secondary N) is 1. The lowest BCUT2D eigenvalue weighted by atomic mass is 9.98. The van der Waals surface area contributed by atoms with E-state index in [0.29, 0.717) is 5.56 Å². The van der Waals surface area contributed by atoms with Gasteiger partial charge in [0.2, 0.25) is 0 Å². The topological polar surface area (TPSA) is 65.2 Å². The minimum absolute atomic E-state index is 0.685. The van der Waals surface area contributed by atoms with Crippen molar-refractivity contribution in [1.29, 1.82) is 5.26 Å². The maximum absolute atomic E-state index is 9.09. The molecule has 0 amide bonds. The van der Waals surface area contributed by atoms with E-state index in [9.17, 15) is 0 Å². The molecule has 0 saturated carbocycles. The number of hydrogen-bond donors (Lipinski definition) is 1. The third-order valence-electron chi connectivity index (χ3n) is 6.01. The number of aromatic nitrogens is 1. The molecule has 0 atom stereocenters. The molecule has 0 spiro atoms. The van der Waals surface area contributed by atoms with E-state index in [1.165, 1.54) is 27.5 Å². The maximum Gasteiger partial charge on any atom is 0.137 e. The molecule has 0 aliphatic carbocycles. The average molecular weight is 397 g/mol. The van der Waals surface area contributed by atoms with Crippen LogP contribution in [0.5, 0.6) is 5.75 Å². The molecule has 0 radical (unpaired) electrons. The van der Waals surface area contributed by atoms with Crippen molar-refractivity contribution < 1.29 is 9.15 Å². The van der Waals surface area contributed by atoms with Gasteiger partial charge in [0.1, 0.15) is 11.3 Å². The van der Waals surface area contributed by atoms with Crippen LogP contribution in [-0.4, -0.2) is 36.6 Å². The van der Waals surface area contributed by atoms with Gasteiger partial charge in [0.25, 0.3) is 0 Å². The van der Waals surface area contributed by atoms with Gasteiger partial charge in [0.05, 0.1) is 25.0 Å². The van der Waals surface area contributed by atoms with Crippen LogP contribution in [0.25, 0.3) is 27.4 Å². The monoisotopic (exact) mass is 397 g/mol. The van der Waals surface area contributed by atoms with E-state index in [1.54, 1.807) is 7.11 Å². The highest BCUT2D eigenvalue weighted by Gasteiger charge is 2.16. The first-order chi connectivity index (χ1) is 14.7. The zero-order chi connectivity index (χ0) is 20.5. The Morgan fingerprint density at radius 3 is 2.90 bits per heavy atom. The van der Waals surface area contributed by atoms with E-state index in [0.717, 1.165) is 49.3 Å². The van der Waals surface area contributed by atoms with Gasteiger partial charge in [-0.2, -0.15) is 5.26 Å². The zero-order valence-corrected chi connectivity index (χ0v) is 16.9. The molecule has 1 aliphatic rings. The van der Waals surface area contributed by atoms with Crippen molar-refractivity contribution >= 4 is 27.4 Å². The molecule has 2 aromatic carbocycles. The van der Waals surface area contributed by atoms with Crippen molar-refractivity contribution in [3.05, 3.63) is 71.6 Å². The number of aromatic amines is 1. The highest BCUT2D eigenvalue weighted by Crippen LogP contribution is 2.30. The summed E-state index contributed by atoms with van der Waals surface area (Å²) in [5.41, 5.74) is 6.46. The van der Waals surface area contributed by atoms with Crippen molar-refractivity contribution in [2.45, 2.75) is 12.8 Å². The number of H-pyrrole nitrogens is 1. The largest absolute Gasteiger partial charge is 0.497 e. The molecule has 0 bridgehead atoms. The van der Waals surface area contributed by atoms with Gasteiger partial charge in [-0.05, 0) is 48.2 Å². The Morgan fingerprint density at radius 1 is 1.20 bits per heavy atom. The van der Waals surface area contributed by atoms with Crippen LogP contribution < -0.4 is 4.74 Å². The first kappa shape index (κ1) is 18.5. The molecule has 0 unspecified atom stereocenters. The number of fused-ring (bicyclic) bond motifs is 2. The second-order valence-corrected chi connectivity index (χ2v) is 7.73. The van der Waals surface area contributed by atoms with Gasteiger partial charge < -0.3 is 14.1 Å². The number of furan rings is 1. The fraction of sp³-hybridized carbons (Fsp3) is 0.240. The SMILES string of the molecule is COc1ccc2c(CCN3CC=C(c4c[nH]c5cc(C#N)ccc45)CC3)coc2c1. The predicted octanol–water partition coefficient (Wildman–Crippen LogP) is 5.13. The van der Waals surface area contributed by atoms with Crippen LogP contribution in [0.2, 0.25) is 0 Å². The van der Waals surface area contributed by atoms with Gasteiger partial charge in [-0.1, -0.05) is 12.1 Å². The number of ether oxygens (including phenoxy) is 1. The Hall–Kier alpha value is -3.49. The van der Waals surface area contributed by atoms with E-state index >= 15 is 0 Å². The molecule has 4 aromatic rings. The van der Waals surface area contributed by atoms with E-state index < -0.39 is 0 Å². The van der Waals surface area contributed by atoms with E-state index in [2.05, 4.69) is 34.3 Å². The summed E-state index contributed by atoms with van der Waals surface area (Å²) in [6.07, 6.45) is 8.27. The van der Waals surface area contributed by atoms with Gasteiger partial charge in [0.15, 0.2) is 0 Å². The van der Waals surface area contributed by atoms with Crippen LogP contribution in [0.1, 0.15) is 23.1 Å². The molecule has 1 aliphatic heterocycles. The Kier molecular flexibility index (Phi) is 4.78. The molecule has 0 saturated heterocycles. The lowest BCUT2D eigenvalue weighted by Crippen LogP contribution is -2.30. The summed E-state index contributed by atoms with van der Waals surface area (Å²) in [7, 11) is 1.67. The van der Waals surface area contributed by atoms with Gasteiger partial charge >= 0.3 is 0 Å². The van der Waals surface area contributed by atoms with Crippen LogP contribution >= 0.6 is 0 Å². The fourth-order valence-corrected chi connectivity index (χ4v) is 4.28. The summed E-state index contributed by atoms with van der Waals surface area (Å²) < 4.78 is 11.0. The Balaban J connectivity index is 1.26. The molecule has 2 aromatic heterocycles. The van der Waals surface area contributed by atoms with Crippen LogP contribution in [-0.2, 0) is 6.42 Å².